The number of halogens is 2. The molecule has 150 valence electrons. The minimum absolute atomic E-state index is 0.254. The third-order valence-corrected chi connectivity index (χ3v) is 5.41. The highest BCUT2D eigenvalue weighted by atomic mass is 35.5. The summed E-state index contributed by atoms with van der Waals surface area (Å²) in [5.41, 5.74) is 4.75. The lowest BCUT2D eigenvalue weighted by atomic mass is 10.1. The maximum atomic E-state index is 10.2. The number of aromatic nitrogens is 2. The van der Waals surface area contributed by atoms with Crippen molar-refractivity contribution in [3.8, 4) is 11.4 Å². The van der Waals surface area contributed by atoms with Gasteiger partial charge in [-0.25, -0.2) is 4.98 Å². The molecule has 0 radical (unpaired) electrons. The van der Waals surface area contributed by atoms with E-state index in [-0.39, 0.29) is 5.75 Å². The lowest BCUT2D eigenvalue weighted by Gasteiger charge is -2.10. The van der Waals surface area contributed by atoms with E-state index in [1.165, 1.54) is 0 Å². The monoisotopic (exact) mass is 435 g/mol. The van der Waals surface area contributed by atoms with Crippen LogP contribution < -0.4 is 5.32 Å². The molecule has 0 aliphatic rings. The minimum atomic E-state index is 0.254. The van der Waals surface area contributed by atoms with Crippen LogP contribution in [0.1, 0.15) is 16.7 Å². The van der Waals surface area contributed by atoms with Gasteiger partial charge in [-0.2, -0.15) is 0 Å². The van der Waals surface area contributed by atoms with Gasteiger partial charge in [-0.1, -0.05) is 47.5 Å². The van der Waals surface area contributed by atoms with Gasteiger partial charge in [0.1, 0.15) is 5.75 Å². The lowest BCUT2D eigenvalue weighted by molar-refractivity contribution is 0.469. The lowest BCUT2D eigenvalue weighted by Crippen LogP contribution is -2.00. The van der Waals surface area contributed by atoms with Crippen LogP contribution in [0.5, 0.6) is 5.75 Å². The third kappa shape index (κ3) is 4.85. The van der Waals surface area contributed by atoms with Gasteiger partial charge < -0.3 is 15.0 Å². The Morgan fingerprint density at radius 2 is 1.63 bits per heavy atom. The molecular formula is C24H19Cl2N3O. The summed E-state index contributed by atoms with van der Waals surface area (Å²) in [6, 6.07) is 19.0. The SMILES string of the molecule is Oc1ccc(/C=C/c2ccc(Cl)c(Cl)c2)cc1CNc1ccc(-n2ccnc2)cc1. The molecule has 0 fully saturated rings. The van der Waals surface area contributed by atoms with Crippen LogP contribution >= 0.6 is 23.2 Å². The normalized spacial score (nSPS) is 11.1. The molecule has 0 unspecified atom stereocenters. The summed E-state index contributed by atoms with van der Waals surface area (Å²) in [6.45, 7) is 0.505. The molecule has 0 saturated carbocycles. The fourth-order valence-electron chi connectivity index (χ4n) is 3.02. The second kappa shape index (κ2) is 9.08. The molecule has 0 bridgehead atoms. The van der Waals surface area contributed by atoms with E-state index in [1.54, 1.807) is 24.7 Å². The molecule has 1 heterocycles. The van der Waals surface area contributed by atoms with Gasteiger partial charge in [0.15, 0.2) is 0 Å². The second-order valence-corrected chi connectivity index (χ2v) is 7.58. The van der Waals surface area contributed by atoms with E-state index in [0.29, 0.717) is 16.6 Å². The number of hydrogen-bond acceptors (Lipinski definition) is 3. The van der Waals surface area contributed by atoms with Crippen LogP contribution in [-0.2, 0) is 6.54 Å². The summed E-state index contributed by atoms with van der Waals surface area (Å²) in [7, 11) is 0. The summed E-state index contributed by atoms with van der Waals surface area (Å²) in [5, 5.41) is 14.6. The van der Waals surface area contributed by atoms with Crippen LogP contribution in [0, 0.1) is 0 Å². The predicted molar refractivity (Wildman–Crippen MR) is 124 cm³/mol. The van der Waals surface area contributed by atoms with Crippen LogP contribution in [0.2, 0.25) is 10.0 Å². The smallest absolute Gasteiger partial charge is 0.120 e. The Hall–Kier alpha value is -3.21. The van der Waals surface area contributed by atoms with Crippen molar-refractivity contribution >= 4 is 41.0 Å². The van der Waals surface area contributed by atoms with Gasteiger partial charge in [0.25, 0.3) is 0 Å². The maximum absolute atomic E-state index is 10.2. The van der Waals surface area contributed by atoms with Crippen molar-refractivity contribution in [3.05, 3.63) is 106 Å². The number of benzene rings is 3. The first kappa shape index (κ1) is 20.1. The van der Waals surface area contributed by atoms with Gasteiger partial charge in [-0.3, -0.25) is 0 Å². The number of nitrogens with one attached hydrogen (secondary N) is 1. The highest BCUT2D eigenvalue weighted by Gasteiger charge is 2.03. The first-order chi connectivity index (χ1) is 14.6. The molecule has 4 aromatic rings. The van der Waals surface area contributed by atoms with Gasteiger partial charge >= 0.3 is 0 Å². The maximum Gasteiger partial charge on any atom is 0.120 e. The zero-order chi connectivity index (χ0) is 20.9. The average Bonchev–Trinajstić information content (AvgIpc) is 3.30. The summed E-state index contributed by atoms with van der Waals surface area (Å²) in [6.07, 6.45) is 9.34. The average molecular weight is 436 g/mol. The molecule has 0 amide bonds. The Kier molecular flexibility index (Phi) is 6.07. The largest absolute Gasteiger partial charge is 0.508 e. The molecule has 0 atom stereocenters. The molecule has 4 nitrogen and oxygen atoms in total. The summed E-state index contributed by atoms with van der Waals surface area (Å²) >= 11 is 12.0. The fourth-order valence-corrected chi connectivity index (χ4v) is 3.33. The van der Waals surface area contributed by atoms with E-state index >= 15 is 0 Å². The van der Waals surface area contributed by atoms with E-state index < -0.39 is 0 Å². The van der Waals surface area contributed by atoms with Crippen molar-refractivity contribution < 1.29 is 5.11 Å². The third-order valence-electron chi connectivity index (χ3n) is 4.67. The van der Waals surface area contributed by atoms with Crippen molar-refractivity contribution in [2.45, 2.75) is 6.54 Å². The molecule has 0 saturated heterocycles. The summed E-state index contributed by atoms with van der Waals surface area (Å²) < 4.78 is 1.94. The Balaban J connectivity index is 1.44. The van der Waals surface area contributed by atoms with Crippen molar-refractivity contribution in [2.24, 2.45) is 0 Å². The van der Waals surface area contributed by atoms with Crippen molar-refractivity contribution in [2.75, 3.05) is 5.32 Å². The zero-order valence-electron chi connectivity index (χ0n) is 16.0. The van der Waals surface area contributed by atoms with Crippen LogP contribution in [0.25, 0.3) is 17.8 Å². The first-order valence-corrected chi connectivity index (χ1v) is 10.1. The predicted octanol–water partition coefficient (Wildman–Crippen LogP) is 6.67. The Bertz CT molecular complexity index is 1170. The Labute approximate surface area is 185 Å². The second-order valence-electron chi connectivity index (χ2n) is 6.77. The molecule has 0 aliphatic heterocycles. The molecule has 2 N–H and O–H groups in total. The molecule has 0 spiro atoms. The Morgan fingerprint density at radius 1 is 0.900 bits per heavy atom. The zero-order valence-corrected chi connectivity index (χ0v) is 17.5. The minimum Gasteiger partial charge on any atom is -0.508 e. The molecule has 3 aromatic carbocycles. The number of phenols is 1. The van der Waals surface area contributed by atoms with E-state index in [1.807, 2.05) is 71.4 Å². The van der Waals surface area contributed by atoms with Gasteiger partial charge in [0, 0.05) is 35.9 Å². The number of nitrogens with zero attached hydrogens (tertiary/aromatic N) is 2. The van der Waals surface area contributed by atoms with Crippen LogP contribution in [0.3, 0.4) is 0 Å². The van der Waals surface area contributed by atoms with Gasteiger partial charge in [-0.15, -0.1) is 0 Å². The number of imidazole rings is 1. The van der Waals surface area contributed by atoms with Crippen LogP contribution in [0.15, 0.2) is 79.4 Å². The van der Waals surface area contributed by atoms with E-state index in [0.717, 1.165) is 28.1 Å². The summed E-state index contributed by atoms with van der Waals surface area (Å²) in [5.74, 6) is 0.254. The van der Waals surface area contributed by atoms with E-state index in [4.69, 9.17) is 23.2 Å². The number of aromatic hydroxyl groups is 1. The van der Waals surface area contributed by atoms with Crippen molar-refractivity contribution in [1.29, 1.82) is 0 Å². The number of anilines is 1. The number of rotatable bonds is 6. The van der Waals surface area contributed by atoms with Crippen LogP contribution in [0.4, 0.5) is 5.69 Å². The van der Waals surface area contributed by atoms with Crippen molar-refractivity contribution in [3.63, 3.8) is 0 Å². The summed E-state index contributed by atoms with van der Waals surface area (Å²) in [4.78, 5) is 4.06. The molecule has 6 heteroatoms. The quantitative estimate of drug-likeness (QED) is 0.332. The van der Waals surface area contributed by atoms with E-state index in [9.17, 15) is 5.11 Å². The molecule has 0 aliphatic carbocycles. The highest BCUT2D eigenvalue weighted by molar-refractivity contribution is 6.42. The molecule has 30 heavy (non-hydrogen) atoms. The fraction of sp³-hybridized carbons (Fsp3) is 0.0417. The number of hydrogen-bond donors (Lipinski definition) is 2. The van der Waals surface area contributed by atoms with Gasteiger partial charge in [0.2, 0.25) is 0 Å². The van der Waals surface area contributed by atoms with Gasteiger partial charge in [-0.05, 0) is 59.7 Å². The van der Waals surface area contributed by atoms with Crippen molar-refractivity contribution in [1.82, 2.24) is 9.55 Å². The Morgan fingerprint density at radius 3 is 2.33 bits per heavy atom. The molecular weight excluding hydrogens is 417 g/mol. The topological polar surface area (TPSA) is 50.1 Å². The van der Waals surface area contributed by atoms with Gasteiger partial charge in [0.05, 0.1) is 16.4 Å². The number of phenolic OH excluding ortho intramolecular Hbond substituents is 1. The van der Waals surface area contributed by atoms with Crippen LogP contribution in [-0.4, -0.2) is 14.7 Å². The highest BCUT2D eigenvalue weighted by Crippen LogP contribution is 2.25. The molecule has 4 rings (SSSR count). The standard InChI is InChI=1S/C24H19Cl2N3O/c25-22-9-3-18(14-23(22)26)2-1-17-4-10-24(30)19(13-17)15-28-20-5-7-21(8-6-20)29-12-11-27-16-29/h1-14,16,28,30H,15H2/b2-1+. The van der Waals surface area contributed by atoms with E-state index in [2.05, 4.69) is 10.3 Å². The molecule has 1 aromatic heterocycles. The first-order valence-electron chi connectivity index (χ1n) is 9.36.